The Morgan fingerprint density at radius 2 is 1.74 bits per heavy atom. The number of nitrogens with one attached hydrogen (secondary N) is 1. The number of halogens is 2. The van der Waals surface area contributed by atoms with Crippen molar-refractivity contribution in [3.8, 4) is 0 Å². The fourth-order valence-electron chi connectivity index (χ4n) is 2.72. The first-order chi connectivity index (χ1) is 9.20. The Labute approximate surface area is 117 Å². The van der Waals surface area contributed by atoms with Crippen molar-refractivity contribution in [1.82, 2.24) is 5.32 Å². The van der Waals surface area contributed by atoms with Gasteiger partial charge in [0.1, 0.15) is 5.82 Å². The molecule has 1 N–H and O–H groups in total. The topological polar surface area (TPSA) is 12.0 Å². The Hall–Kier alpha value is -1.38. The van der Waals surface area contributed by atoms with E-state index in [1.165, 1.54) is 17.7 Å². The van der Waals surface area contributed by atoms with Gasteiger partial charge in [0.25, 0.3) is 0 Å². The van der Waals surface area contributed by atoms with Gasteiger partial charge in [0.05, 0.1) is 0 Å². The Morgan fingerprint density at radius 3 is 2.32 bits per heavy atom. The predicted molar refractivity (Wildman–Crippen MR) is 76.1 cm³/mol. The number of benzene rings is 2. The first kappa shape index (κ1) is 12.6. The second-order valence-electron chi connectivity index (χ2n) is 5.17. The molecule has 0 unspecified atom stereocenters. The third kappa shape index (κ3) is 2.38. The van der Waals surface area contributed by atoms with E-state index in [-0.39, 0.29) is 11.2 Å². The van der Waals surface area contributed by atoms with E-state index in [0.29, 0.717) is 0 Å². The third-order valence-electron chi connectivity index (χ3n) is 3.83. The van der Waals surface area contributed by atoms with E-state index in [0.717, 1.165) is 30.1 Å². The number of hydrogen-bond acceptors (Lipinski definition) is 1. The Balaban J connectivity index is 1.92. The summed E-state index contributed by atoms with van der Waals surface area (Å²) in [5.41, 5.74) is 2.36. The average Bonchev–Trinajstić information content (AvgIpc) is 2.37. The molecular weight excluding hydrogens is 261 g/mol. The molecule has 1 heterocycles. The minimum absolute atomic E-state index is 0.0379. The highest BCUT2D eigenvalue weighted by molar-refractivity contribution is 6.31. The molecule has 1 aliphatic rings. The highest BCUT2D eigenvalue weighted by Crippen LogP contribution is 2.36. The van der Waals surface area contributed by atoms with Crippen molar-refractivity contribution in [2.24, 2.45) is 0 Å². The van der Waals surface area contributed by atoms with Crippen LogP contribution in [0.15, 0.2) is 48.5 Å². The van der Waals surface area contributed by atoms with Crippen LogP contribution < -0.4 is 5.32 Å². The summed E-state index contributed by atoms with van der Waals surface area (Å²) in [7, 11) is 0. The Morgan fingerprint density at radius 1 is 1.05 bits per heavy atom. The maximum Gasteiger partial charge on any atom is 0.123 e. The maximum atomic E-state index is 13.0. The molecule has 0 radical (unpaired) electrons. The molecule has 2 aromatic carbocycles. The van der Waals surface area contributed by atoms with Crippen molar-refractivity contribution in [1.29, 1.82) is 0 Å². The van der Waals surface area contributed by atoms with E-state index in [9.17, 15) is 4.39 Å². The van der Waals surface area contributed by atoms with Crippen LogP contribution in [0.3, 0.4) is 0 Å². The highest BCUT2D eigenvalue weighted by atomic mass is 35.5. The van der Waals surface area contributed by atoms with Crippen LogP contribution in [0.1, 0.15) is 11.1 Å². The van der Waals surface area contributed by atoms with E-state index < -0.39 is 0 Å². The van der Waals surface area contributed by atoms with Gasteiger partial charge in [0.2, 0.25) is 0 Å². The zero-order chi connectivity index (χ0) is 13.3. The largest absolute Gasteiger partial charge is 0.315 e. The number of rotatable bonds is 3. The Kier molecular flexibility index (Phi) is 3.29. The average molecular weight is 276 g/mol. The van der Waals surface area contributed by atoms with E-state index in [2.05, 4.69) is 11.4 Å². The van der Waals surface area contributed by atoms with Crippen molar-refractivity contribution in [3.63, 3.8) is 0 Å². The molecule has 1 aliphatic heterocycles. The van der Waals surface area contributed by atoms with Crippen molar-refractivity contribution < 1.29 is 4.39 Å². The second kappa shape index (κ2) is 4.95. The van der Waals surface area contributed by atoms with Crippen LogP contribution in [0.25, 0.3) is 0 Å². The monoisotopic (exact) mass is 275 g/mol. The zero-order valence-corrected chi connectivity index (χ0v) is 11.3. The van der Waals surface area contributed by atoms with Crippen molar-refractivity contribution in [3.05, 3.63) is 70.5 Å². The summed E-state index contributed by atoms with van der Waals surface area (Å²) in [6, 6.07) is 14.7. The maximum absolute atomic E-state index is 13.0. The lowest BCUT2D eigenvalue weighted by Crippen LogP contribution is -2.58. The molecule has 19 heavy (non-hydrogen) atoms. The van der Waals surface area contributed by atoms with Crippen LogP contribution in [0.4, 0.5) is 4.39 Å². The van der Waals surface area contributed by atoms with Gasteiger partial charge in [-0.05, 0) is 35.7 Å². The molecule has 0 aromatic heterocycles. The van der Waals surface area contributed by atoms with Gasteiger partial charge >= 0.3 is 0 Å². The van der Waals surface area contributed by atoms with Crippen molar-refractivity contribution in [2.75, 3.05) is 13.1 Å². The summed E-state index contributed by atoms with van der Waals surface area (Å²) in [5.74, 6) is -0.192. The lowest BCUT2D eigenvalue weighted by atomic mass is 9.71. The summed E-state index contributed by atoms with van der Waals surface area (Å²) in [5, 5.41) is 4.14. The second-order valence-corrected chi connectivity index (χ2v) is 5.57. The lowest BCUT2D eigenvalue weighted by molar-refractivity contribution is 0.275. The van der Waals surface area contributed by atoms with E-state index in [1.807, 2.05) is 30.3 Å². The Bertz CT molecular complexity index is 576. The van der Waals surface area contributed by atoms with E-state index in [1.54, 1.807) is 0 Å². The van der Waals surface area contributed by atoms with Crippen LogP contribution >= 0.6 is 11.6 Å². The van der Waals surface area contributed by atoms with Crippen LogP contribution in [0.2, 0.25) is 5.02 Å². The molecule has 98 valence electrons. The normalized spacial score (nSPS) is 16.9. The van der Waals surface area contributed by atoms with Crippen LogP contribution in [-0.2, 0) is 11.8 Å². The van der Waals surface area contributed by atoms with Crippen molar-refractivity contribution in [2.45, 2.75) is 11.8 Å². The lowest BCUT2D eigenvalue weighted by Gasteiger charge is -2.44. The molecule has 1 fully saturated rings. The van der Waals surface area contributed by atoms with Crippen molar-refractivity contribution >= 4 is 11.6 Å². The molecule has 1 saturated heterocycles. The van der Waals surface area contributed by atoms with Gasteiger partial charge in [-0.15, -0.1) is 0 Å². The summed E-state index contributed by atoms with van der Waals surface area (Å²) >= 11 is 6.32. The van der Waals surface area contributed by atoms with Gasteiger partial charge in [-0.3, -0.25) is 0 Å². The molecule has 0 amide bonds. The summed E-state index contributed by atoms with van der Waals surface area (Å²) in [6.07, 6.45) is 0.879. The van der Waals surface area contributed by atoms with Gasteiger partial charge in [-0.25, -0.2) is 4.39 Å². The molecular formula is C16H15ClFN. The zero-order valence-electron chi connectivity index (χ0n) is 10.5. The number of hydrogen-bond donors (Lipinski definition) is 1. The predicted octanol–water partition coefficient (Wildman–Crippen LogP) is 3.56. The molecule has 0 atom stereocenters. The highest BCUT2D eigenvalue weighted by Gasteiger charge is 2.39. The standard InChI is InChI=1S/C16H15ClFN/c17-15-4-2-1-3-14(15)16(10-19-11-16)9-12-5-7-13(18)8-6-12/h1-8,19H,9-11H2. The molecule has 0 saturated carbocycles. The minimum Gasteiger partial charge on any atom is -0.315 e. The van der Waals surface area contributed by atoms with Crippen LogP contribution in [0, 0.1) is 5.82 Å². The molecule has 0 spiro atoms. The molecule has 3 rings (SSSR count). The summed E-state index contributed by atoms with van der Waals surface area (Å²) in [4.78, 5) is 0. The SMILES string of the molecule is Fc1ccc(CC2(c3ccccc3Cl)CNC2)cc1. The molecule has 2 aromatic rings. The first-order valence-electron chi connectivity index (χ1n) is 6.40. The molecule has 0 bridgehead atoms. The van der Waals surface area contributed by atoms with Gasteiger partial charge in [0, 0.05) is 23.5 Å². The van der Waals surface area contributed by atoms with Gasteiger partial charge in [-0.2, -0.15) is 0 Å². The molecule has 0 aliphatic carbocycles. The van der Waals surface area contributed by atoms with E-state index >= 15 is 0 Å². The van der Waals surface area contributed by atoms with Gasteiger partial charge < -0.3 is 5.32 Å². The first-order valence-corrected chi connectivity index (χ1v) is 6.78. The molecule has 1 nitrogen and oxygen atoms in total. The van der Waals surface area contributed by atoms with Gasteiger partial charge in [-0.1, -0.05) is 41.9 Å². The third-order valence-corrected chi connectivity index (χ3v) is 4.16. The molecule has 3 heteroatoms. The summed E-state index contributed by atoms with van der Waals surface area (Å²) < 4.78 is 13.0. The smallest absolute Gasteiger partial charge is 0.123 e. The van der Waals surface area contributed by atoms with Gasteiger partial charge in [0.15, 0.2) is 0 Å². The minimum atomic E-state index is -0.192. The fourth-order valence-corrected chi connectivity index (χ4v) is 3.06. The van der Waals surface area contributed by atoms with Crippen LogP contribution in [0.5, 0.6) is 0 Å². The summed E-state index contributed by atoms with van der Waals surface area (Å²) in [6.45, 7) is 1.82. The fraction of sp³-hybridized carbons (Fsp3) is 0.250. The van der Waals surface area contributed by atoms with E-state index in [4.69, 9.17) is 11.6 Å². The quantitative estimate of drug-likeness (QED) is 0.903. The van der Waals surface area contributed by atoms with Crippen LogP contribution in [-0.4, -0.2) is 13.1 Å².